The van der Waals surface area contributed by atoms with E-state index in [0.717, 1.165) is 48.5 Å². The molecule has 0 amide bonds. The summed E-state index contributed by atoms with van der Waals surface area (Å²) in [5.41, 5.74) is 0.869. The smallest absolute Gasteiger partial charge is 0.137 e. The van der Waals surface area contributed by atoms with Crippen molar-refractivity contribution in [1.29, 1.82) is 0 Å². The van der Waals surface area contributed by atoms with Gasteiger partial charge in [0, 0.05) is 24.6 Å². The van der Waals surface area contributed by atoms with E-state index in [9.17, 15) is 0 Å². The Morgan fingerprint density at radius 3 is 2.79 bits per heavy atom. The molecular formula is C18H25N5O. The van der Waals surface area contributed by atoms with Crippen LogP contribution < -0.4 is 10.6 Å². The van der Waals surface area contributed by atoms with Gasteiger partial charge in [-0.15, -0.1) is 0 Å². The SMILES string of the molecule is c1nc(NCC2CCCO2)c2cc(NC3CCCCC3)ncc2n1. The van der Waals surface area contributed by atoms with Gasteiger partial charge in [-0.25, -0.2) is 15.0 Å². The summed E-state index contributed by atoms with van der Waals surface area (Å²) in [6.07, 6.45) is 12.4. The van der Waals surface area contributed by atoms with Crippen LogP contribution in [0, 0.1) is 0 Å². The van der Waals surface area contributed by atoms with E-state index in [2.05, 4.69) is 31.7 Å². The van der Waals surface area contributed by atoms with Gasteiger partial charge in [0.2, 0.25) is 0 Å². The highest BCUT2D eigenvalue weighted by Gasteiger charge is 2.17. The second-order valence-corrected chi connectivity index (χ2v) is 6.80. The van der Waals surface area contributed by atoms with Crippen molar-refractivity contribution in [2.75, 3.05) is 23.8 Å². The summed E-state index contributed by atoms with van der Waals surface area (Å²) in [5.74, 6) is 1.79. The lowest BCUT2D eigenvalue weighted by atomic mass is 9.95. The van der Waals surface area contributed by atoms with E-state index < -0.39 is 0 Å². The molecule has 2 aromatic heterocycles. The number of fused-ring (bicyclic) bond motifs is 1. The Labute approximate surface area is 142 Å². The summed E-state index contributed by atoms with van der Waals surface area (Å²) < 4.78 is 5.68. The maximum absolute atomic E-state index is 5.68. The molecule has 2 aromatic rings. The van der Waals surface area contributed by atoms with Crippen molar-refractivity contribution in [3.63, 3.8) is 0 Å². The normalized spacial score (nSPS) is 21.9. The number of nitrogens with zero attached hydrogens (tertiary/aromatic N) is 3. The van der Waals surface area contributed by atoms with Gasteiger partial charge in [-0.3, -0.25) is 0 Å². The molecule has 1 saturated carbocycles. The van der Waals surface area contributed by atoms with Crippen molar-refractivity contribution >= 4 is 22.5 Å². The highest BCUT2D eigenvalue weighted by molar-refractivity contribution is 5.90. The maximum Gasteiger partial charge on any atom is 0.137 e. The molecule has 2 N–H and O–H groups in total. The monoisotopic (exact) mass is 327 g/mol. The summed E-state index contributed by atoms with van der Waals surface area (Å²) in [6, 6.07) is 2.61. The summed E-state index contributed by atoms with van der Waals surface area (Å²) in [4.78, 5) is 13.3. The zero-order valence-corrected chi connectivity index (χ0v) is 14.0. The van der Waals surface area contributed by atoms with E-state index >= 15 is 0 Å². The van der Waals surface area contributed by atoms with E-state index in [4.69, 9.17) is 4.74 Å². The zero-order chi connectivity index (χ0) is 16.2. The second kappa shape index (κ2) is 7.30. The minimum Gasteiger partial charge on any atom is -0.376 e. The van der Waals surface area contributed by atoms with E-state index in [1.807, 2.05) is 6.20 Å². The van der Waals surface area contributed by atoms with Crippen molar-refractivity contribution in [2.24, 2.45) is 0 Å². The fourth-order valence-electron chi connectivity index (χ4n) is 3.65. The number of nitrogens with one attached hydrogen (secondary N) is 2. The van der Waals surface area contributed by atoms with Crippen LogP contribution in [0.15, 0.2) is 18.6 Å². The lowest BCUT2D eigenvalue weighted by Gasteiger charge is -2.23. The highest BCUT2D eigenvalue weighted by Crippen LogP contribution is 2.25. The quantitative estimate of drug-likeness (QED) is 0.877. The van der Waals surface area contributed by atoms with Gasteiger partial charge in [-0.1, -0.05) is 19.3 Å². The van der Waals surface area contributed by atoms with Crippen LogP contribution in [-0.2, 0) is 4.74 Å². The van der Waals surface area contributed by atoms with Gasteiger partial charge in [0.05, 0.1) is 17.8 Å². The molecule has 4 rings (SSSR count). The molecule has 6 heteroatoms. The Morgan fingerprint density at radius 1 is 1.04 bits per heavy atom. The molecule has 0 spiro atoms. The molecule has 24 heavy (non-hydrogen) atoms. The van der Waals surface area contributed by atoms with Crippen molar-refractivity contribution < 1.29 is 4.74 Å². The van der Waals surface area contributed by atoms with E-state index in [0.29, 0.717) is 6.04 Å². The maximum atomic E-state index is 5.68. The van der Waals surface area contributed by atoms with Crippen LogP contribution in [0.25, 0.3) is 10.9 Å². The number of anilines is 2. The van der Waals surface area contributed by atoms with Gasteiger partial charge in [0.1, 0.15) is 18.0 Å². The van der Waals surface area contributed by atoms with Crippen LogP contribution in [-0.4, -0.2) is 40.2 Å². The molecule has 128 valence electrons. The Bertz CT molecular complexity index is 680. The third kappa shape index (κ3) is 3.59. The van der Waals surface area contributed by atoms with Gasteiger partial charge in [0.25, 0.3) is 0 Å². The third-order valence-corrected chi connectivity index (χ3v) is 5.00. The predicted octanol–water partition coefficient (Wildman–Crippen LogP) is 3.36. The van der Waals surface area contributed by atoms with E-state index in [1.165, 1.54) is 32.1 Å². The molecule has 3 heterocycles. The van der Waals surface area contributed by atoms with Crippen molar-refractivity contribution in [1.82, 2.24) is 15.0 Å². The first-order chi connectivity index (χ1) is 11.9. The number of rotatable bonds is 5. The third-order valence-electron chi connectivity index (χ3n) is 5.00. The molecule has 1 aliphatic carbocycles. The molecule has 6 nitrogen and oxygen atoms in total. The fourth-order valence-corrected chi connectivity index (χ4v) is 3.65. The number of hydrogen-bond donors (Lipinski definition) is 2. The molecule has 0 aromatic carbocycles. The first-order valence-electron chi connectivity index (χ1n) is 9.11. The van der Waals surface area contributed by atoms with Gasteiger partial charge in [-0.2, -0.15) is 0 Å². The van der Waals surface area contributed by atoms with Crippen molar-refractivity contribution in [2.45, 2.75) is 57.1 Å². The van der Waals surface area contributed by atoms with Crippen molar-refractivity contribution in [3.8, 4) is 0 Å². The Kier molecular flexibility index (Phi) is 4.74. The molecule has 2 aliphatic rings. The molecule has 1 aliphatic heterocycles. The lowest BCUT2D eigenvalue weighted by molar-refractivity contribution is 0.120. The van der Waals surface area contributed by atoms with Crippen LogP contribution in [0.5, 0.6) is 0 Å². The van der Waals surface area contributed by atoms with Crippen molar-refractivity contribution in [3.05, 3.63) is 18.6 Å². The predicted molar refractivity (Wildman–Crippen MR) is 95.3 cm³/mol. The first-order valence-corrected chi connectivity index (χ1v) is 9.11. The molecule has 0 radical (unpaired) electrons. The highest BCUT2D eigenvalue weighted by atomic mass is 16.5. The Hall–Kier alpha value is -1.95. The molecule has 1 unspecified atom stereocenters. The fraction of sp³-hybridized carbons (Fsp3) is 0.611. The average molecular weight is 327 g/mol. The van der Waals surface area contributed by atoms with Gasteiger partial charge < -0.3 is 15.4 Å². The summed E-state index contributed by atoms with van der Waals surface area (Å²) in [5, 5.41) is 8.02. The van der Waals surface area contributed by atoms with Gasteiger partial charge in [-0.05, 0) is 31.7 Å². The number of aromatic nitrogens is 3. The minimum atomic E-state index is 0.289. The molecule has 1 saturated heterocycles. The summed E-state index contributed by atoms with van der Waals surface area (Å²) in [7, 11) is 0. The molecule has 2 fully saturated rings. The van der Waals surface area contributed by atoms with Crippen LogP contribution >= 0.6 is 0 Å². The van der Waals surface area contributed by atoms with Crippen LogP contribution in [0.1, 0.15) is 44.9 Å². The van der Waals surface area contributed by atoms with E-state index in [-0.39, 0.29) is 6.10 Å². The summed E-state index contributed by atoms with van der Waals surface area (Å²) >= 11 is 0. The zero-order valence-electron chi connectivity index (χ0n) is 14.0. The van der Waals surface area contributed by atoms with Gasteiger partial charge in [0.15, 0.2) is 0 Å². The second-order valence-electron chi connectivity index (χ2n) is 6.80. The Balaban J connectivity index is 1.51. The summed E-state index contributed by atoms with van der Waals surface area (Å²) in [6.45, 7) is 1.66. The lowest BCUT2D eigenvalue weighted by Crippen LogP contribution is -2.22. The standard InChI is InChI=1S/C18H25N5O/c1-2-5-13(6-3-1)23-17-9-15-16(11-19-17)21-12-22-18(15)20-10-14-7-4-8-24-14/h9,11-14H,1-8,10H2,(H,19,23)(H,20,21,22). The van der Waals surface area contributed by atoms with Crippen LogP contribution in [0.2, 0.25) is 0 Å². The van der Waals surface area contributed by atoms with Gasteiger partial charge >= 0.3 is 0 Å². The van der Waals surface area contributed by atoms with Crippen LogP contribution in [0.3, 0.4) is 0 Å². The molecule has 1 atom stereocenters. The largest absolute Gasteiger partial charge is 0.376 e. The topological polar surface area (TPSA) is 72.0 Å². The molecular weight excluding hydrogens is 302 g/mol. The number of pyridine rings is 1. The Morgan fingerprint density at radius 2 is 1.96 bits per heavy atom. The number of ether oxygens (including phenoxy) is 1. The average Bonchev–Trinajstić information content (AvgIpc) is 3.14. The van der Waals surface area contributed by atoms with Crippen LogP contribution in [0.4, 0.5) is 11.6 Å². The number of hydrogen-bond acceptors (Lipinski definition) is 6. The van der Waals surface area contributed by atoms with E-state index in [1.54, 1.807) is 6.33 Å². The first kappa shape index (κ1) is 15.6. The molecule has 0 bridgehead atoms. The minimum absolute atomic E-state index is 0.289.